The maximum Gasteiger partial charge on any atom is 0.229 e. The second-order valence-electron chi connectivity index (χ2n) is 21.7. The van der Waals surface area contributed by atoms with Gasteiger partial charge in [-0.1, -0.05) is 249 Å². The summed E-state index contributed by atoms with van der Waals surface area (Å²) in [7, 11) is 1.63. The maximum atomic E-state index is 7.63. The van der Waals surface area contributed by atoms with Gasteiger partial charge in [0.1, 0.15) is 72.5 Å². The summed E-state index contributed by atoms with van der Waals surface area (Å²) in [5.41, 5.74) is 7.59. The first-order valence-corrected chi connectivity index (χ1v) is 30.1. The van der Waals surface area contributed by atoms with E-state index in [1.807, 2.05) is 218 Å². The summed E-state index contributed by atoms with van der Waals surface area (Å²) in [6.07, 6.45) is -8.53. The molecule has 11 rings (SSSR count). The molecule has 2 aliphatic heterocycles. The van der Waals surface area contributed by atoms with E-state index < -0.39 is 73.6 Å². The van der Waals surface area contributed by atoms with E-state index in [0.29, 0.717) is 18.1 Å². The minimum atomic E-state index is -1.14. The molecule has 452 valence electrons. The lowest BCUT2D eigenvalue weighted by Gasteiger charge is -2.48. The van der Waals surface area contributed by atoms with Gasteiger partial charge < -0.3 is 56.8 Å². The summed E-state index contributed by atoms with van der Waals surface area (Å²) in [6.45, 7) is 5.26. The van der Waals surface area contributed by atoms with Crippen molar-refractivity contribution in [3.05, 3.63) is 324 Å². The van der Waals surface area contributed by atoms with Crippen molar-refractivity contribution in [3.8, 4) is 11.5 Å². The lowest BCUT2D eigenvalue weighted by atomic mass is 9.95. The molecule has 0 unspecified atom stereocenters. The van der Waals surface area contributed by atoms with Crippen LogP contribution >= 0.6 is 0 Å². The van der Waals surface area contributed by atoms with Crippen molar-refractivity contribution in [2.75, 3.05) is 26.9 Å². The highest BCUT2D eigenvalue weighted by molar-refractivity contribution is 5.34. The van der Waals surface area contributed by atoms with Crippen molar-refractivity contribution in [1.29, 1.82) is 0 Å². The molecule has 2 heterocycles. The van der Waals surface area contributed by atoms with Gasteiger partial charge in [0.2, 0.25) is 6.29 Å². The summed E-state index contributed by atoms with van der Waals surface area (Å²) in [4.78, 5) is 0. The molecule has 10 atom stereocenters. The first-order valence-electron chi connectivity index (χ1n) is 30.1. The summed E-state index contributed by atoms with van der Waals surface area (Å²) < 4.78 is 84.9. The molecule has 2 fully saturated rings. The van der Waals surface area contributed by atoms with E-state index in [4.69, 9.17) is 56.8 Å². The Morgan fingerprint density at radius 3 is 1.10 bits per heavy atom. The number of ether oxygens (including phenoxy) is 12. The number of rotatable bonds is 30. The van der Waals surface area contributed by atoms with Gasteiger partial charge in [-0.15, -0.1) is 6.58 Å². The van der Waals surface area contributed by atoms with Crippen LogP contribution in [0, 0.1) is 0 Å². The zero-order valence-corrected chi connectivity index (χ0v) is 49.5. The lowest BCUT2D eigenvalue weighted by Crippen LogP contribution is -2.64. The third kappa shape index (κ3) is 16.7. The van der Waals surface area contributed by atoms with Gasteiger partial charge >= 0.3 is 0 Å². The molecule has 9 aromatic rings. The molecular weight excluding hydrogens is 1100 g/mol. The van der Waals surface area contributed by atoms with E-state index >= 15 is 0 Å². The largest absolute Gasteiger partial charge is 0.497 e. The molecule has 0 bridgehead atoms. The summed E-state index contributed by atoms with van der Waals surface area (Å²) in [5.74, 6) is 1.18. The molecule has 0 saturated carbocycles. The fourth-order valence-corrected chi connectivity index (χ4v) is 11.2. The topological polar surface area (TPSA) is 111 Å². The quantitative estimate of drug-likeness (QED) is 0.0400. The lowest BCUT2D eigenvalue weighted by molar-refractivity contribution is -0.348. The second-order valence-corrected chi connectivity index (χ2v) is 21.7. The zero-order chi connectivity index (χ0) is 60.0. The normalized spacial score (nSPS) is 21.9. The summed E-state index contributed by atoms with van der Waals surface area (Å²) in [6, 6.07) is 88.1. The average molecular weight is 1180 g/mol. The molecule has 0 aliphatic carbocycles. The Bertz CT molecular complexity index is 3310. The van der Waals surface area contributed by atoms with Gasteiger partial charge in [0.15, 0.2) is 6.29 Å². The monoisotopic (exact) mass is 1180 g/mol. The fourth-order valence-electron chi connectivity index (χ4n) is 11.2. The van der Waals surface area contributed by atoms with Crippen LogP contribution in [0.4, 0.5) is 0 Å². The minimum Gasteiger partial charge on any atom is -0.497 e. The Hall–Kier alpha value is -8.08. The summed E-state index contributed by atoms with van der Waals surface area (Å²) >= 11 is 0. The molecule has 12 nitrogen and oxygen atoms in total. The van der Waals surface area contributed by atoms with Gasteiger partial charge in [0.25, 0.3) is 0 Å². The minimum absolute atomic E-state index is 0.117. The van der Waals surface area contributed by atoms with Crippen molar-refractivity contribution in [2.24, 2.45) is 0 Å². The van der Waals surface area contributed by atoms with E-state index in [1.54, 1.807) is 13.2 Å². The van der Waals surface area contributed by atoms with E-state index in [9.17, 15) is 0 Å². The van der Waals surface area contributed by atoms with Crippen molar-refractivity contribution < 1.29 is 56.8 Å². The van der Waals surface area contributed by atoms with Crippen LogP contribution in [-0.4, -0.2) is 88.3 Å². The second kappa shape index (κ2) is 32.2. The Labute approximate surface area is 517 Å². The highest BCUT2D eigenvalue weighted by Gasteiger charge is 2.54. The third-order valence-corrected chi connectivity index (χ3v) is 15.6. The van der Waals surface area contributed by atoms with Crippen LogP contribution in [0.15, 0.2) is 280 Å². The van der Waals surface area contributed by atoms with Crippen molar-refractivity contribution in [3.63, 3.8) is 0 Å². The third-order valence-electron chi connectivity index (χ3n) is 15.6. The van der Waals surface area contributed by atoms with Crippen LogP contribution < -0.4 is 9.47 Å². The van der Waals surface area contributed by atoms with Crippen molar-refractivity contribution in [1.82, 2.24) is 0 Å². The SMILES string of the molecule is C=CCO[C@@H]1[C@H](OC(c2ccccc2)c2ccccc2)[C@@H](Oc2ccc(OC)cc2)O[C@H](CO[C@H]2O[C@H](COCc3ccccc3)[C@@H](OCc3ccccc3)[C@H](OCc3ccccc3)[C@@H]2OC(c2ccccc2)c2ccccc2)[C@H]1OCc1ccccc1. The Morgan fingerprint density at radius 2 is 0.693 bits per heavy atom. The van der Waals surface area contributed by atoms with Gasteiger partial charge in [-0.25, -0.2) is 0 Å². The number of methoxy groups -OCH3 is 1. The molecule has 2 saturated heterocycles. The van der Waals surface area contributed by atoms with Gasteiger partial charge in [-0.3, -0.25) is 0 Å². The molecule has 0 spiro atoms. The summed E-state index contributed by atoms with van der Waals surface area (Å²) in [5, 5.41) is 0. The average Bonchev–Trinajstić information content (AvgIpc) is 3.36. The molecule has 0 aromatic heterocycles. The number of hydrogen-bond donors (Lipinski definition) is 0. The number of hydrogen-bond acceptors (Lipinski definition) is 12. The molecular formula is C76H76O12. The van der Waals surface area contributed by atoms with E-state index in [-0.39, 0.29) is 39.6 Å². The van der Waals surface area contributed by atoms with Crippen LogP contribution in [0.1, 0.15) is 56.7 Å². The highest BCUT2D eigenvalue weighted by atomic mass is 16.8. The van der Waals surface area contributed by atoms with Crippen LogP contribution in [0.25, 0.3) is 0 Å². The Morgan fingerprint density at radius 1 is 0.352 bits per heavy atom. The van der Waals surface area contributed by atoms with Gasteiger partial charge in [0, 0.05) is 0 Å². The molecule has 0 N–H and O–H groups in total. The van der Waals surface area contributed by atoms with Crippen LogP contribution in [0.2, 0.25) is 0 Å². The number of benzene rings is 9. The molecule has 88 heavy (non-hydrogen) atoms. The standard InChI is InChI=1S/C76H76O12/c1-3-48-79-71-70(81-51-57-32-16-6-17-33-57)66(86-76(84-64-46-44-63(77-2)45-47-64)74(71)88-68(61-40-24-10-25-41-61)62-42-26-11-27-43-62)54-83-75-73(87-67(59-36-20-8-21-37-59)60-38-22-9-23-39-60)72(82-52-58-34-18-7-19-35-58)69(80-50-56-30-14-5-15-31-56)65(85-75)53-78-49-55-28-12-4-13-29-55/h3-47,65-76H,1,48-54H2,2H3/t65-,66-,69-,70-,71+,72+,73+,74+,75+,76+/m1/s1. The molecule has 0 radical (unpaired) electrons. The fraction of sp³-hybridized carbons (Fsp3) is 0.263. The van der Waals surface area contributed by atoms with Crippen LogP contribution in [-0.2, 0) is 73.8 Å². The van der Waals surface area contributed by atoms with Crippen LogP contribution in [0.5, 0.6) is 11.5 Å². The highest BCUT2D eigenvalue weighted by Crippen LogP contribution is 2.40. The smallest absolute Gasteiger partial charge is 0.229 e. The molecule has 0 amide bonds. The molecule has 12 heteroatoms. The van der Waals surface area contributed by atoms with Crippen molar-refractivity contribution in [2.45, 2.75) is 100 Å². The Balaban J connectivity index is 1.01. The van der Waals surface area contributed by atoms with Gasteiger partial charge in [-0.05, 0) is 68.8 Å². The molecule has 2 aliphatic rings. The maximum absolute atomic E-state index is 7.63. The first kappa shape index (κ1) is 61.6. The van der Waals surface area contributed by atoms with Crippen molar-refractivity contribution >= 4 is 0 Å². The molecule has 9 aromatic carbocycles. The Kier molecular flexibility index (Phi) is 22.6. The van der Waals surface area contributed by atoms with E-state index in [0.717, 1.165) is 44.5 Å². The van der Waals surface area contributed by atoms with E-state index in [2.05, 4.69) is 55.1 Å². The van der Waals surface area contributed by atoms with Gasteiger partial charge in [0.05, 0.1) is 53.4 Å². The van der Waals surface area contributed by atoms with E-state index in [1.165, 1.54) is 0 Å². The van der Waals surface area contributed by atoms with Crippen LogP contribution in [0.3, 0.4) is 0 Å². The predicted molar refractivity (Wildman–Crippen MR) is 337 cm³/mol. The van der Waals surface area contributed by atoms with Gasteiger partial charge in [-0.2, -0.15) is 0 Å². The first-order chi connectivity index (χ1) is 43.6. The zero-order valence-electron chi connectivity index (χ0n) is 49.5. The predicted octanol–water partition coefficient (Wildman–Crippen LogP) is 14.4.